The number of pyridine rings is 1. The maximum absolute atomic E-state index is 14.0. The van der Waals surface area contributed by atoms with Crippen molar-refractivity contribution in [2.75, 3.05) is 12.4 Å². The maximum atomic E-state index is 14.0. The number of H-pyrrole nitrogens is 1. The van der Waals surface area contributed by atoms with Gasteiger partial charge in [0.1, 0.15) is 17.5 Å². The number of fused-ring (bicyclic) bond motifs is 1. The average molecular weight is 375 g/mol. The van der Waals surface area contributed by atoms with Gasteiger partial charge in [0.05, 0.1) is 11.4 Å². The van der Waals surface area contributed by atoms with Crippen molar-refractivity contribution in [2.45, 2.75) is 13.0 Å². The zero-order valence-corrected chi connectivity index (χ0v) is 14.5. The lowest BCUT2D eigenvalue weighted by molar-refractivity contribution is 0.208. The highest BCUT2D eigenvalue weighted by atomic mass is 19.1. The second-order valence-electron chi connectivity index (χ2n) is 6.11. The molecule has 2 N–H and O–H groups in total. The minimum Gasteiger partial charge on any atom is -0.328 e. The van der Waals surface area contributed by atoms with Gasteiger partial charge in [0.15, 0.2) is 0 Å². The third-order valence-electron chi connectivity index (χ3n) is 4.40. The lowest BCUT2D eigenvalue weighted by Crippen LogP contribution is -2.34. The molecular formula is C19H16F3N3O2. The summed E-state index contributed by atoms with van der Waals surface area (Å²) in [4.78, 5) is 28.1. The van der Waals surface area contributed by atoms with Gasteiger partial charge in [0.2, 0.25) is 0 Å². The summed E-state index contributed by atoms with van der Waals surface area (Å²) in [6.45, 7) is 1.65. The molecule has 0 spiro atoms. The van der Waals surface area contributed by atoms with Crippen LogP contribution in [0.4, 0.5) is 23.7 Å². The number of urea groups is 1. The van der Waals surface area contributed by atoms with E-state index in [0.29, 0.717) is 17.3 Å². The van der Waals surface area contributed by atoms with Crippen molar-refractivity contribution in [3.63, 3.8) is 0 Å². The molecule has 0 aliphatic rings. The number of amides is 2. The number of benzene rings is 2. The fourth-order valence-electron chi connectivity index (χ4n) is 2.80. The molecule has 0 saturated carbocycles. The van der Waals surface area contributed by atoms with Crippen molar-refractivity contribution in [1.82, 2.24) is 9.88 Å². The summed E-state index contributed by atoms with van der Waals surface area (Å²) in [5.41, 5.74) is 0.0838. The maximum Gasteiger partial charge on any atom is 0.322 e. The molecule has 2 aromatic carbocycles. The number of nitrogens with one attached hydrogen (secondary N) is 2. The van der Waals surface area contributed by atoms with E-state index >= 15 is 0 Å². The van der Waals surface area contributed by atoms with E-state index in [-0.39, 0.29) is 10.8 Å². The van der Waals surface area contributed by atoms with Crippen LogP contribution in [0.25, 0.3) is 10.8 Å². The predicted molar refractivity (Wildman–Crippen MR) is 96.1 cm³/mol. The van der Waals surface area contributed by atoms with Crippen molar-refractivity contribution >= 4 is 22.5 Å². The van der Waals surface area contributed by atoms with E-state index in [0.717, 1.165) is 6.07 Å². The van der Waals surface area contributed by atoms with Crippen LogP contribution in [0.2, 0.25) is 0 Å². The fourth-order valence-corrected chi connectivity index (χ4v) is 2.80. The number of hydrogen-bond donors (Lipinski definition) is 2. The van der Waals surface area contributed by atoms with E-state index in [1.165, 1.54) is 42.4 Å². The van der Waals surface area contributed by atoms with E-state index < -0.39 is 35.1 Å². The number of anilines is 1. The number of carbonyl (C=O) groups is 1. The number of aromatic nitrogens is 1. The minimum atomic E-state index is -0.973. The molecule has 1 atom stereocenters. The van der Waals surface area contributed by atoms with Crippen molar-refractivity contribution in [2.24, 2.45) is 0 Å². The first-order chi connectivity index (χ1) is 12.8. The smallest absolute Gasteiger partial charge is 0.322 e. The average Bonchev–Trinajstić information content (AvgIpc) is 2.62. The molecule has 0 saturated heterocycles. The topological polar surface area (TPSA) is 65.2 Å². The van der Waals surface area contributed by atoms with Gasteiger partial charge in [-0.2, -0.15) is 0 Å². The minimum absolute atomic E-state index is 0.0881. The predicted octanol–water partition coefficient (Wildman–Crippen LogP) is 4.17. The summed E-state index contributed by atoms with van der Waals surface area (Å²) < 4.78 is 40.7. The molecule has 8 heteroatoms. The van der Waals surface area contributed by atoms with Crippen LogP contribution in [-0.4, -0.2) is 23.0 Å². The van der Waals surface area contributed by atoms with Gasteiger partial charge in [-0.25, -0.2) is 18.0 Å². The summed E-state index contributed by atoms with van der Waals surface area (Å²) in [6.07, 6.45) is 1.33. The van der Waals surface area contributed by atoms with Crippen LogP contribution < -0.4 is 10.9 Å². The molecule has 1 heterocycles. The molecule has 1 aromatic heterocycles. The quantitative estimate of drug-likeness (QED) is 0.722. The monoisotopic (exact) mass is 375 g/mol. The molecule has 0 radical (unpaired) electrons. The Bertz CT molecular complexity index is 1060. The lowest BCUT2D eigenvalue weighted by Gasteiger charge is -2.26. The van der Waals surface area contributed by atoms with Crippen LogP contribution in [-0.2, 0) is 0 Å². The number of nitrogens with zero attached hydrogens (tertiary/aromatic N) is 1. The largest absolute Gasteiger partial charge is 0.328 e. The first-order valence-corrected chi connectivity index (χ1v) is 8.07. The molecule has 0 fully saturated rings. The van der Waals surface area contributed by atoms with Gasteiger partial charge in [-0.1, -0.05) is 0 Å². The summed E-state index contributed by atoms with van der Waals surface area (Å²) in [6, 6.07) is 5.80. The molecule has 27 heavy (non-hydrogen) atoms. The Morgan fingerprint density at radius 2 is 1.78 bits per heavy atom. The van der Waals surface area contributed by atoms with Crippen LogP contribution in [0.15, 0.2) is 47.4 Å². The second-order valence-corrected chi connectivity index (χ2v) is 6.11. The Morgan fingerprint density at radius 1 is 1.11 bits per heavy atom. The number of aromatic amines is 1. The first kappa shape index (κ1) is 18.5. The second kappa shape index (κ2) is 7.14. The van der Waals surface area contributed by atoms with E-state index in [2.05, 4.69) is 10.3 Å². The standard InChI is InChI=1S/C19H16F3N3O2/c1-10(25(2)19(27)24-13-5-3-11(20)4-6-13)15-9-23-18(26)17-14(15)7-12(21)8-16(17)22/h3-10H,1-2H3,(H,23,26)(H,24,27). The van der Waals surface area contributed by atoms with E-state index in [1.807, 2.05) is 0 Å². The third-order valence-corrected chi connectivity index (χ3v) is 4.40. The Balaban J connectivity index is 1.94. The Hall–Kier alpha value is -3.29. The molecule has 0 aliphatic heterocycles. The molecule has 3 aromatic rings. The molecule has 5 nitrogen and oxygen atoms in total. The lowest BCUT2D eigenvalue weighted by atomic mass is 10.0. The van der Waals surface area contributed by atoms with Crippen molar-refractivity contribution in [3.05, 3.63) is 76.0 Å². The third kappa shape index (κ3) is 3.64. The zero-order valence-electron chi connectivity index (χ0n) is 14.5. The Morgan fingerprint density at radius 3 is 2.44 bits per heavy atom. The molecule has 3 rings (SSSR count). The molecule has 0 aliphatic carbocycles. The first-order valence-electron chi connectivity index (χ1n) is 8.07. The number of carbonyl (C=O) groups excluding carboxylic acids is 1. The van der Waals surface area contributed by atoms with Crippen LogP contribution in [0.3, 0.4) is 0 Å². The van der Waals surface area contributed by atoms with Crippen molar-refractivity contribution in [3.8, 4) is 0 Å². The highest BCUT2D eigenvalue weighted by molar-refractivity contribution is 5.90. The van der Waals surface area contributed by atoms with Gasteiger partial charge in [0, 0.05) is 25.0 Å². The Kier molecular flexibility index (Phi) is 4.89. The number of hydrogen-bond acceptors (Lipinski definition) is 2. The van der Waals surface area contributed by atoms with Crippen LogP contribution in [0.1, 0.15) is 18.5 Å². The highest BCUT2D eigenvalue weighted by Crippen LogP contribution is 2.27. The van der Waals surface area contributed by atoms with Gasteiger partial charge in [0.25, 0.3) is 5.56 Å². The SMILES string of the molecule is CC(c1c[nH]c(=O)c2c(F)cc(F)cc12)N(C)C(=O)Nc1ccc(F)cc1. The van der Waals surface area contributed by atoms with Crippen molar-refractivity contribution in [1.29, 1.82) is 0 Å². The molecule has 2 amide bonds. The van der Waals surface area contributed by atoms with Gasteiger partial charge in [-0.15, -0.1) is 0 Å². The van der Waals surface area contributed by atoms with Gasteiger partial charge < -0.3 is 15.2 Å². The van der Waals surface area contributed by atoms with E-state index in [4.69, 9.17) is 0 Å². The zero-order chi connectivity index (χ0) is 19.7. The molecule has 0 bridgehead atoms. The molecule has 1 unspecified atom stereocenters. The number of halogens is 3. The summed E-state index contributed by atoms with van der Waals surface area (Å²) in [7, 11) is 1.50. The molecule has 140 valence electrons. The van der Waals surface area contributed by atoms with Gasteiger partial charge >= 0.3 is 6.03 Å². The highest BCUT2D eigenvalue weighted by Gasteiger charge is 2.22. The Labute approximate surface area is 152 Å². The normalized spacial score (nSPS) is 12.0. The van der Waals surface area contributed by atoms with Crippen LogP contribution in [0.5, 0.6) is 0 Å². The van der Waals surface area contributed by atoms with Gasteiger partial charge in [-0.3, -0.25) is 4.79 Å². The summed E-state index contributed by atoms with van der Waals surface area (Å²) in [5.74, 6) is -2.23. The van der Waals surface area contributed by atoms with E-state index in [1.54, 1.807) is 6.92 Å². The van der Waals surface area contributed by atoms with Gasteiger partial charge in [-0.05, 0) is 48.2 Å². The van der Waals surface area contributed by atoms with Crippen LogP contribution in [0, 0.1) is 17.5 Å². The summed E-state index contributed by atoms with van der Waals surface area (Å²) in [5, 5.41) is 2.42. The van der Waals surface area contributed by atoms with Crippen molar-refractivity contribution < 1.29 is 18.0 Å². The number of rotatable bonds is 3. The fraction of sp³-hybridized carbons (Fsp3) is 0.158. The van der Waals surface area contributed by atoms with Crippen LogP contribution >= 0.6 is 0 Å². The van der Waals surface area contributed by atoms with E-state index in [9.17, 15) is 22.8 Å². The molecular weight excluding hydrogens is 359 g/mol. The summed E-state index contributed by atoms with van der Waals surface area (Å²) >= 11 is 0.